The maximum absolute atomic E-state index is 13.0. The normalized spacial score (nSPS) is 12.8. The fourth-order valence-electron chi connectivity index (χ4n) is 1.34. The van der Waals surface area contributed by atoms with Crippen molar-refractivity contribution in [3.63, 3.8) is 0 Å². The van der Waals surface area contributed by atoms with Crippen LogP contribution < -0.4 is 10.6 Å². The minimum Gasteiger partial charge on any atom is -0.318 e. The maximum Gasteiger partial charge on any atom is 0.123 e. The van der Waals surface area contributed by atoms with Gasteiger partial charge in [-0.2, -0.15) is 0 Å². The molecule has 0 saturated heterocycles. The second-order valence-electron chi connectivity index (χ2n) is 3.58. The topological polar surface area (TPSA) is 24.1 Å². The Balaban J connectivity index is 2.53. The number of likely N-dealkylation sites (N-methyl/N-ethyl adjacent to an activating group) is 1. The Hall–Kier alpha value is -0.450. The summed E-state index contributed by atoms with van der Waals surface area (Å²) in [6.45, 7) is 3.65. The van der Waals surface area contributed by atoms with Gasteiger partial charge in [-0.25, -0.2) is 4.39 Å². The van der Waals surface area contributed by atoms with Crippen LogP contribution in [0.15, 0.2) is 22.7 Å². The lowest BCUT2D eigenvalue weighted by Gasteiger charge is -2.13. The van der Waals surface area contributed by atoms with Crippen molar-refractivity contribution in [1.29, 1.82) is 0 Å². The molecule has 0 amide bonds. The Kier molecular flexibility index (Phi) is 5.22. The van der Waals surface area contributed by atoms with E-state index in [2.05, 4.69) is 33.5 Å². The van der Waals surface area contributed by atoms with E-state index < -0.39 is 0 Å². The highest BCUT2D eigenvalue weighted by Crippen LogP contribution is 2.17. The van der Waals surface area contributed by atoms with Crippen LogP contribution in [0, 0.1) is 5.82 Å². The number of hydrogen-bond donors (Lipinski definition) is 2. The van der Waals surface area contributed by atoms with Crippen LogP contribution in [0.2, 0.25) is 0 Å². The predicted molar refractivity (Wildman–Crippen MR) is 64.3 cm³/mol. The average molecular weight is 275 g/mol. The Morgan fingerprint density at radius 3 is 2.87 bits per heavy atom. The predicted octanol–water partition coefficient (Wildman–Crippen LogP) is 2.29. The molecule has 2 nitrogen and oxygen atoms in total. The molecular weight excluding hydrogens is 259 g/mol. The lowest BCUT2D eigenvalue weighted by molar-refractivity contribution is 0.520. The Labute approximate surface area is 98.4 Å². The van der Waals surface area contributed by atoms with Crippen molar-refractivity contribution in [2.24, 2.45) is 0 Å². The molecule has 0 heterocycles. The van der Waals surface area contributed by atoms with E-state index in [0.717, 1.165) is 16.6 Å². The number of nitrogens with one attached hydrogen (secondary N) is 2. The lowest BCUT2D eigenvalue weighted by Crippen LogP contribution is -2.34. The van der Waals surface area contributed by atoms with E-state index in [-0.39, 0.29) is 5.82 Å². The molecular formula is C11H16BrFN2. The van der Waals surface area contributed by atoms with Crippen molar-refractivity contribution in [3.8, 4) is 0 Å². The molecule has 2 N–H and O–H groups in total. The molecule has 1 aromatic rings. The van der Waals surface area contributed by atoms with E-state index >= 15 is 0 Å². The second-order valence-corrected chi connectivity index (χ2v) is 4.43. The molecule has 0 aliphatic rings. The molecule has 84 valence electrons. The summed E-state index contributed by atoms with van der Waals surface area (Å²) in [6.07, 6.45) is 0. The quantitative estimate of drug-likeness (QED) is 0.861. The molecule has 15 heavy (non-hydrogen) atoms. The molecule has 4 heteroatoms. The first-order valence-electron chi connectivity index (χ1n) is 4.95. The Morgan fingerprint density at radius 1 is 1.47 bits per heavy atom. The van der Waals surface area contributed by atoms with Crippen LogP contribution in [0.25, 0.3) is 0 Å². The molecule has 0 fully saturated rings. The van der Waals surface area contributed by atoms with Crippen molar-refractivity contribution in [1.82, 2.24) is 10.6 Å². The van der Waals surface area contributed by atoms with Gasteiger partial charge in [-0.05, 0) is 37.7 Å². The van der Waals surface area contributed by atoms with Gasteiger partial charge in [0.1, 0.15) is 5.82 Å². The van der Waals surface area contributed by atoms with E-state index in [4.69, 9.17) is 0 Å². The number of halogens is 2. The minimum absolute atomic E-state index is 0.198. The molecule has 1 aromatic carbocycles. The van der Waals surface area contributed by atoms with Crippen LogP contribution in [0.5, 0.6) is 0 Å². The van der Waals surface area contributed by atoms with Crippen LogP contribution in [0.1, 0.15) is 12.5 Å². The number of rotatable bonds is 5. The number of hydrogen-bond acceptors (Lipinski definition) is 2. The summed E-state index contributed by atoms with van der Waals surface area (Å²) in [7, 11) is 1.91. The van der Waals surface area contributed by atoms with Gasteiger partial charge in [0.2, 0.25) is 0 Å². The monoisotopic (exact) mass is 274 g/mol. The van der Waals surface area contributed by atoms with E-state index in [1.807, 2.05) is 7.05 Å². The highest BCUT2D eigenvalue weighted by Gasteiger charge is 2.04. The van der Waals surface area contributed by atoms with Gasteiger partial charge in [0.25, 0.3) is 0 Å². The highest BCUT2D eigenvalue weighted by atomic mass is 79.9. The first-order valence-corrected chi connectivity index (χ1v) is 5.74. The molecule has 0 aliphatic carbocycles. The van der Waals surface area contributed by atoms with Gasteiger partial charge in [0, 0.05) is 23.6 Å². The summed E-state index contributed by atoms with van der Waals surface area (Å²) in [5.74, 6) is -0.198. The van der Waals surface area contributed by atoms with Crippen molar-refractivity contribution >= 4 is 15.9 Å². The SMILES string of the molecule is CNCC(C)NCc1cc(F)ccc1Br. The van der Waals surface area contributed by atoms with Gasteiger partial charge in [0.05, 0.1) is 0 Å². The maximum atomic E-state index is 13.0. The molecule has 0 bridgehead atoms. The largest absolute Gasteiger partial charge is 0.318 e. The third-order valence-corrected chi connectivity index (χ3v) is 2.93. The second kappa shape index (κ2) is 6.20. The minimum atomic E-state index is -0.198. The first kappa shape index (κ1) is 12.6. The summed E-state index contributed by atoms with van der Waals surface area (Å²) in [5, 5.41) is 6.39. The zero-order valence-corrected chi connectivity index (χ0v) is 10.6. The Morgan fingerprint density at radius 2 is 2.20 bits per heavy atom. The molecule has 0 aliphatic heterocycles. The molecule has 0 aromatic heterocycles. The molecule has 1 atom stereocenters. The zero-order valence-electron chi connectivity index (χ0n) is 8.98. The molecule has 1 rings (SSSR count). The average Bonchev–Trinajstić information content (AvgIpc) is 2.20. The third-order valence-electron chi connectivity index (χ3n) is 2.16. The van der Waals surface area contributed by atoms with Gasteiger partial charge in [-0.15, -0.1) is 0 Å². The first-order chi connectivity index (χ1) is 7.13. The summed E-state index contributed by atoms with van der Waals surface area (Å²) < 4.78 is 13.9. The summed E-state index contributed by atoms with van der Waals surface area (Å²) in [6, 6.07) is 5.09. The van der Waals surface area contributed by atoms with Crippen LogP contribution in [0.3, 0.4) is 0 Å². The van der Waals surface area contributed by atoms with Crippen LogP contribution in [-0.2, 0) is 6.54 Å². The van der Waals surface area contributed by atoms with Gasteiger partial charge in [-0.3, -0.25) is 0 Å². The van der Waals surface area contributed by atoms with Crippen molar-refractivity contribution in [2.75, 3.05) is 13.6 Å². The molecule has 0 spiro atoms. The standard InChI is InChI=1S/C11H16BrFN2/c1-8(6-14-2)15-7-9-5-10(13)3-4-11(9)12/h3-5,8,14-15H,6-7H2,1-2H3. The molecule has 0 saturated carbocycles. The Bertz CT molecular complexity index is 317. The van der Waals surface area contributed by atoms with Crippen LogP contribution in [-0.4, -0.2) is 19.6 Å². The summed E-state index contributed by atoms with van der Waals surface area (Å²) in [4.78, 5) is 0. The van der Waals surface area contributed by atoms with Crippen molar-refractivity contribution in [2.45, 2.75) is 19.5 Å². The molecule has 1 unspecified atom stereocenters. The highest BCUT2D eigenvalue weighted by molar-refractivity contribution is 9.10. The third kappa shape index (κ3) is 4.28. The fraction of sp³-hybridized carbons (Fsp3) is 0.455. The lowest BCUT2D eigenvalue weighted by atomic mass is 10.2. The van der Waals surface area contributed by atoms with Gasteiger partial charge >= 0.3 is 0 Å². The molecule has 0 radical (unpaired) electrons. The summed E-state index contributed by atoms with van der Waals surface area (Å²) in [5.41, 5.74) is 0.943. The van der Waals surface area contributed by atoms with E-state index in [1.165, 1.54) is 6.07 Å². The summed E-state index contributed by atoms with van der Waals surface area (Å²) >= 11 is 3.40. The van der Waals surface area contributed by atoms with Crippen molar-refractivity contribution < 1.29 is 4.39 Å². The van der Waals surface area contributed by atoms with Crippen molar-refractivity contribution in [3.05, 3.63) is 34.1 Å². The van der Waals surface area contributed by atoms with E-state index in [9.17, 15) is 4.39 Å². The van der Waals surface area contributed by atoms with Crippen LogP contribution in [0.4, 0.5) is 4.39 Å². The fourth-order valence-corrected chi connectivity index (χ4v) is 1.73. The van der Waals surface area contributed by atoms with Gasteiger partial charge < -0.3 is 10.6 Å². The van der Waals surface area contributed by atoms with E-state index in [0.29, 0.717) is 12.6 Å². The van der Waals surface area contributed by atoms with Gasteiger partial charge in [0.15, 0.2) is 0 Å². The number of benzene rings is 1. The smallest absolute Gasteiger partial charge is 0.123 e. The zero-order chi connectivity index (χ0) is 11.3. The van der Waals surface area contributed by atoms with Gasteiger partial charge in [-0.1, -0.05) is 15.9 Å². The van der Waals surface area contributed by atoms with Crippen LogP contribution >= 0.6 is 15.9 Å². The van der Waals surface area contributed by atoms with E-state index in [1.54, 1.807) is 12.1 Å².